The van der Waals surface area contributed by atoms with Crippen LogP contribution in [0.3, 0.4) is 0 Å². The fourth-order valence-electron chi connectivity index (χ4n) is 2.28. The van der Waals surface area contributed by atoms with Crippen LogP contribution < -0.4 is 5.32 Å². The highest BCUT2D eigenvalue weighted by Crippen LogP contribution is 2.30. The van der Waals surface area contributed by atoms with Crippen LogP contribution in [0, 0.1) is 5.82 Å². The summed E-state index contributed by atoms with van der Waals surface area (Å²) in [6, 6.07) is 3.76. The highest BCUT2D eigenvalue weighted by atomic mass is 32.2. The number of nitrogens with zero attached hydrogens (tertiary/aromatic N) is 3. The lowest BCUT2D eigenvalue weighted by molar-refractivity contribution is 0.0939. The van der Waals surface area contributed by atoms with E-state index < -0.39 is 45.8 Å². The maximum Gasteiger partial charge on any atom is 0.274 e. The Hall–Kier alpha value is -2.43. The van der Waals surface area contributed by atoms with E-state index in [4.69, 9.17) is 0 Å². The van der Waals surface area contributed by atoms with E-state index in [0.717, 1.165) is 6.07 Å². The molecule has 1 amide bonds. The van der Waals surface area contributed by atoms with Gasteiger partial charge >= 0.3 is 0 Å². The Kier molecular flexibility index (Phi) is 6.48. The lowest BCUT2D eigenvalue weighted by Crippen LogP contribution is -2.38. The average Bonchev–Trinajstić information content (AvgIpc) is 2.62. The Balaban J connectivity index is 2.32. The number of rotatable bonds is 6. The Morgan fingerprint density at radius 3 is 2.54 bits per heavy atom. The molecule has 1 atom stereocenters. The first-order valence-corrected chi connectivity index (χ1v) is 9.89. The van der Waals surface area contributed by atoms with Gasteiger partial charge in [-0.3, -0.25) is 9.69 Å². The first kappa shape index (κ1) is 21.9. The van der Waals surface area contributed by atoms with Gasteiger partial charge in [-0.15, -0.1) is 0 Å². The fourth-order valence-corrected chi connectivity index (χ4v) is 3.06. The van der Waals surface area contributed by atoms with Crippen LogP contribution in [0.25, 0.3) is 0 Å². The predicted molar refractivity (Wildman–Crippen MR) is 102 cm³/mol. The number of aromatic hydroxyl groups is 2. The number of benzene rings is 1. The monoisotopic (exact) mass is 410 g/mol. The van der Waals surface area contributed by atoms with E-state index >= 15 is 0 Å². The number of carbonyl (C=O) groups excluding carboxylic acids is 1. The van der Waals surface area contributed by atoms with E-state index in [-0.39, 0.29) is 17.3 Å². The number of carbonyl (C=O) groups is 1. The van der Waals surface area contributed by atoms with Crippen LogP contribution in [0.4, 0.5) is 4.39 Å². The molecule has 0 bridgehead atoms. The highest BCUT2D eigenvalue weighted by Gasteiger charge is 2.30. The van der Waals surface area contributed by atoms with Gasteiger partial charge in [-0.05, 0) is 51.3 Å². The molecule has 0 saturated carbocycles. The molecule has 0 spiro atoms. The van der Waals surface area contributed by atoms with E-state index in [1.54, 1.807) is 32.8 Å². The largest absolute Gasteiger partial charge is 0.612 e. The lowest BCUT2D eigenvalue weighted by Gasteiger charge is -2.31. The minimum atomic E-state index is -1.45. The molecule has 2 aromatic rings. The average molecular weight is 410 g/mol. The number of hydrogen-bond donors (Lipinski definition) is 3. The van der Waals surface area contributed by atoms with Gasteiger partial charge in [0.15, 0.2) is 16.4 Å². The smallest absolute Gasteiger partial charge is 0.274 e. The van der Waals surface area contributed by atoms with Gasteiger partial charge in [-0.25, -0.2) is 9.37 Å². The lowest BCUT2D eigenvalue weighted by atomic mass is 10.0. The van der Waals surface area contributed by atoms with Crippen LogP contribution in [-0.4, -0.2) is 55.9 Å². The van der Waals surface area contributed by atoms with Crippen LogP contribution >= 0.6 is 0 Å². The van der Waals surface area contributed by atoms with Crippen LogP contribution in [0.5, 0.6) is 11.6 Å². The number of nitrogens with one attached hydrogen (secondary N) is 1. The second-order valence-electron chi connectivity index (χ2n) is 6.91. The summed E-state index contributed by atoms with van der Waals surface area (Å²) < 4.78 is 25.2. The van der Waals surface area contributed by atoms with Crippen LogP contribution in [0.15, 0.2) is 23.1 Å². The third-order valence-corrected chi connectivity index (χ3v) is 5.52. The first-order chi connectivity index (χ1) is 12.9. The fraction of sp³-hybridized carbons (Fsp3) is 0.389. The van der Waals surface area contributed by atoms with Gasteiger partial charge in [0.05, 0.1) is 5.54 Å². The number of hydrogen-bond acceptors (Lipinski definition) is 7. The van der Waals surface area contributed by atoms with Crippen LogP contribution in [0.1, 0.15) is 35.7 Å². The zero-order chi connectivity index (χ0) is 21.2. The molecule has 0 fully saturated rings. The molecule has 1 unspecified atom stereocenters. The van der Waals surface area contributed by atoms with Gasteiger partial charge in [0.1, 0.15) is 12.1 Å². The molecule has 1 heterocycles. The van der Waals surface area contributed by atoms with E-state index in [1.807, 2.05) is 0 Å². The van der Waals surface area contributed by atoms with Crippen molar-refractivity contribution in [3.8, 4) is 11.6 Å². The van der Waals surface area contributed by atoms with Gasteiger partial charge in [-0.1, -0.05) is 0 Å². The molecule has 0 aliphatic heterocycles. The van der Waals surface area contributed by atoms with Crippen molar-refractivity contribution in [3.05, 3.63) is 41.1 Å². The minimum Gasteiger partial charge on any atom is -0.612 e. The molecule has 8 nitrogen and oxygen atoms in total. The zero-order valence-electron chi connectivity index (χ0n) is 16.3. The maximum absolute atomic E-state index is 13.4. The van der Waals surface area contributed by atoms with Crippen LogP contribution in [0.2, 0.25) is 0 Å². The van der Waals surface area contributed by atoms with Gasteiger partial charge in [0, 0.05) is 18.2 Å². The normalized spacial score (nSPS) is 12.9. The van der Waals surface area contributed by atoms with Crippen molar-refractivity contribution in [2.45, 2.75) is 30.8 Å². The summed E-state index contributed by atoms with van der Waals surface area (Å²) in [5.74, 6) is -2.59. The number of aromatic nitrogens is 2. The first-order valence-electron chi connectivity index (χ1n) is 8.33. The van der Waals surface area contributed by atoms with E-state index in [0.29, 0.717) is 5.56 Å². The summed E-state index contributed by atoms with van der Waals surface area (Å²) in [5, 5.41) is 22.5. The van der Waals surface area contributed by atoms with E-state index in [9.17, 15) is 24.0 Å². The van der Waals surface area contributed by atoms with Crippen molar-refractivity contribution >= 4 is 17.1 Å². The van der Waals surface area contributed by atoms with Crippen molar-refractivity contribution in [1.82, 2.24) is 20.2 Å². The number of halogens is 1. The van der Waals surface area contributed by atoms with Crippen LogP contribution in [-0.2, 0) is 23.3 Å². The SMILES string of the molecule is CN(C)C(C)(C)c1nc(O)c(O)c(C(=O)NCc2ccc(F)cc2[S+](C)[O-])n1. The van der Waals surface area contributed by atoms with Gasteiger partial charge in [-0.2, -0.15) is 4.98 Å². The summed E-state index contributed by atoms with van der Waals surface area (Å²) in [5.41, 5.74) is -0.649. The molecule has 0 radical (unpaired) electrons. The van der Waals surface area contributed by atoms with Crippen molar-refractivity contribution in [3.63, 3.8) is 0 Å². The Morgan fingerprint density at radius 1 is 1.32 bits per heavy atom. The summed E-state index contributed by atoms with van der Waals surface area (Å²) in [4.78, 5) is 22.6. The molecule has 0 aliphatic carbocycles. The van der Waals surface area contributed by atoms with Gasteiger partial charge < -0.3 is 20.1 Å². The van der Waals surface area contributed by atoms with E-state index in [1.165, 1.54) is 18.4 Å². The van der Waals surface area contributed by atoms with Crippen molar-refractivity contribution < 1.29 is 24.0 Å². The van der Waals surface area contributed by atoms with E-state index in [2.05, 4.69) is 15.3 Å². The van der Waals surface area contributed by atoms with Crippen molar-refractivity contribution in [2.75, 3.05) is 20.4 Å². The molecule has 1 aromatic heterocycles. The molecule has 152 valence electrons. The molecule has 0 aliphatic rings. The van der Waals surface area contributed by atoms with Gasteiger partial charge in [0.2, 0.25) is 5.75 Å². The molecule has 28 heavy (non-hydrogen) atoms. The summed E-state index contributed by atoms with van der Waals surface area (Å²) in [7, 11) is 3.57. The van der Waals surface area contributed by atoms with Crippen molar-refractivity contribution in [2.24, 2.45) is 0 Å². The topological polar surface area (TPSA) is 122 Å². The van der Waals surface area contributed by atoms with Gasteiger partial charge in [0.25, 0.3) is 11.8 Å². The Morgan fingerprint density at radius 2 is 1.96 bits per heavy atom. The van der Waals surface area contributed by atoms with Crippen molar-refractivity contribution in [1.29, 1.82) is 0 Å². The highest BCUT2D eigenvalue weighted by molar-refractivity contribution is 7.90. The molecule has 2 rings (SSSR count). The predicted octanol–water partition coefficient (Wildman–Crippen LogP) is 1.49. The zero-order valence-corrected chi connectivity index (χ0v) is 17.1. The molecular weight excluding hydrogens is 387 g/mol. The summed E-state index contributed by atoms with van der Waals surface area (Å²) in [6.45, 7) is 3.52. The minimum absolute atomic E-state index is 0.0648. The molecule has 0 saturated heterocycles. The molecule has 10 heteroatoms. The third-order valence-electron chi connectivity index (χ3n) is 4.52. The maximum atomic E-state index is 13.4. The Bertz CT molecular complexity index is 890. The molecular formula is C18H23FN4O4S. The third kappa shape index (κ3) is 4.51. The standard InChI is InChI=1S/C18H23FN4O4S/c1-18(2,23(3)4)17-21-13(14(24)16(26)22-17)15(25)20-9-10-6-7-11(19)8-12(10)28(5)27/h6-8,24H,9H2,1-5H3,(H,20,25)(H,21,22,26). The molecule has 3 N–H and O–H groups in total. The second kappa shape index (κ2) is 8.29. The summed E-state index contributed by atoms with van der Waals surface area (Å²) >= 11 is -1.45. The summed E-state index contributed by atoms with van der Waals surface area (Å²) in [6.07, 6.45) is 1.41. The Labute approximate surface area is 165 Å². The number of amides is 1. The molecule has 1 aromatic carbocycles. The quantitative estimate of drug-likeness (QED) is 0.617. The second-order valence-corrected chi connectivity index (χ2v) is 8.26.